The van der Waals surface area contributed by atoms with E-state index in [2.05, 4.69) is 15.2 Å². The Kier molecular flexibility index (Phi) is 6.61. The monoisotopic (exact) mass is 407 g/mol. The number of benzene rings is 1. The molecule has 0 bridgehead atoms. The summed E-state index contributed by atoms with van der Waals surface area (Å²) in [6.45, 7) is 4.51. The van der Waals surface area contributed by atoms with Gasteiger partial charge in [0.1, 0.15) is 12.4 Å². The zero-order valence-corrected chi connectivity index (χ0v) is 17.5. The normalized spacial score (nSPS) is 14.7. The average molecular weight is 408 g/mol. The van der Waals surface area contributed by atoms with E-state index >= 15 is 0 Å². The molecule has 0 aliphatic carbocycles. The maximum atomic E-state index is 12.3. The van der Waals surface area contributed by atoms with Gasteiger partial charge in [0.2, 0.25) is 0 Å². The Balaban J connectivity index is 1.60. The van der Waals surface area contributed by atoms with E-state index in [-0.39, 0.29) is 5.56 Å². The van der Waals surface area contributed by atoms with Crippen LogP contribution in [0, 0.1) is 0 Å². The molecule has 1 aliphatic rings. The number of hydrogen-bond acceptors (Lipinski definition) is 5. The summed E-state index contributed by atoms with van der Waals surface area (Å²) in [7, 11) is 1.90. The first-order chi connectivity index (χ1) is 14.7. The number of nitrogens with zero attached hydrogens (tertiary/aromatic N) is 4. The molecular weight excluding hydrogens is 378 g/mol. The van der Waals surface area contributed by atoms with E-state index < -0.39 is 0 Å². The van der Waals surface area contributed by atoms with Crippen LogP contribution in [0.3, 0.4) is 0 Å². The lowest BCUT2D eigenvalue weighted by Gasteiger charge is -2.26. The molecule has 1 saturated heterocycles. The standard InChI is InChI=1S/C23H29N5O2/c1-24-16-19-17-27(18-25-19)21-9-8-20(28-12-6-3-7-23(28)29)15-22(21)30-14-13-26-10-4-2-5-11-26/h3,6-9,12,15,17-18,24H,2,4-5,10-11,13-14,16H2,1H3. The van der Waals surface area contributed by atoms with Crippen LogP contribution in [0.1, 0.15) is 25.0 Å². The Morgan fingerprint density at radius 2 is 2.00 bits per heavy atom. The van der Waals surface area contributed by atoms with Crippen molar-refractivity contribution in [1.82, 2.24) is 24.3 Å². The molecule has 7 heteroatoms. The fourth-order valence-electron chi connectivity index (χ4n) is 3.86. The molecule has 1 aromatic carbocycles. The molecule has 0 saturated carbocycles. The van der Waals surface area contributed by atoms with E-state index in [9.17, 15) is 4.79 Å². The molecule has 1 aliphatic heterocycles. The quantitative estimate of drug-likeness (QED) is 0.622. The lowest BCUT2D eigenvalue weighted by atomic mass is 10.1. The van der Waals surface area contributed by atoms with Gasteiger partial charge in [0.15, 0.2) is 0 Å². The van der Waals surface area contributed by atoms with Crippen LogP contribution in [0.15, 0.2) is 59.9 Å². The highest BCUT2D eigenvalue weighted by atomic mass is 16.5. The molecule has 3 heterocycles. The molecule has 3 aromatic rings. The Labute approximate surface area is 176 Å². The zero-order valence-electron chi connectivity index (χ0n) is 17.5. The summed E-state index contributed by atoms with van der Waals surface area (Å²) < 4.78 is 9.84. The van der Waals surface area contributed by atoms with Gasteiger partial charge in [-0.1, -0.05) is 12.5 Å². The van der Waals surface area contributed by atoms with Gasteiger partial charge >= 0.3 is 0 Å². The van der Waals surface area contributed by atoms with Gasteiger partial charge < -0.3 is 14.6 Å². The van der Waals surface area contributed by atoms with Gasteiger partial charge in [-0.25, -0.2) is 4.98 Å². The van der Waals surface area contributed by atoms with Crippen LogP contribution < -0.4 is 15.6 Å². The summed E-state index contributed by atoms with van der Waals surface area (Å²) >= 11 is 0. The minimum Gasteiger partial charge on any atom is -0.490 e. The van der Waals surface area contributed by atoms with E-state index in [1.807, 2.05) is 42.1 Å². The van der Waals surface area contributed by atoms with Crippen LogP contribution in [-0.2, 0) is 6.54 Å². The summed E-state index contributed by atoms with van der Waals surface area (Å²) in [6.07, 6.45) is 9.43. The first-order valence-corrected chi connectivity index (χ1v) is 10.6. The van der Waals surface area contributed by atoms with Gasteiger partial charge in [0, 0.05) is 37.6 Å². The van der Waals surface area contributed by atoms with Gasteiger partial charge in [0.05, 0.1) is 23.4 Å². The molecule has 0 amide bonds. The van der Waals surface area contributed by atoms with E-state index in [0.29, 0.717) is 13.2 Å². The molecule has 0 atom stereocenters. The second-order valence-corrected chi connectivity index (χ2v) is 7.61. The molecule has 158 valence electrons. The first kappa shape index (κ1) is 20.4. The smallest absolute Gasteiger partial charge is 0.255 e. The summed E-state index contributed by atoms with van der Waals surface area (Å²) in [5.41, 5.74) is 2.59. The minimum absolute atomic E-state index is 0.0662. The number of aromatic nitrogens is 3. The topological polar surface area (TPSA) is 64.3 Å². The maximum Gasteiger partial charge on any atom is 0.255 e. The minimum atomic E-state index is -0.0662. The van der Waals surface area contributed by atoms with Gasteiger partial charge in [-0.3, -0.25) is 14.3 Å². The second-order valence-electron chi connectivity index (χ2n) is 7.61. The highest BCUT2D eigenvalue weighted by molar-refractivity contribution is 5.53. The number of ether oxygens (including phenoxy) is 1. The summed E-state index contributed by atoms with van der Waals surface area (Å²) in [4.78, 5) is 19.2. The van der Waals surface area contributed by atoms with Crippen molar-refractivity contribution in [2.75, 3.05) is 33.3 Å². The molecule has 1 N–H and O–H groups in total. The summed E-state index contributed by atoms with van der Waals surface area (Å²) in [6, 6.07) is 11.0. The van der Waals surface area contributed by atoms with Crippen molar-refractivity contribution in [2.45, 2.75) is 25.8 Å². The SMILES string of the molecule is CNCc1cn(-c2ccc(-n3ccccc3=O)cc2OCCN2CCCCC2)cn1. The molecule has 30 heavy (non-hydrogen) atoms. The lowest BCUT2D eigenvalue weighted by molar-refractivity contribution is 0.183. The molecule has 4 rings (SSSR count). The van der Waals surface area contributed by atoms with Crippen molar-refractivity contribution in [3.05, 3.63) is 71.2 Å². The van der Waals surface area contributed by atoms with Gasteiger partial charge in [-0.2, -0.15) is 0 Å². The maximum absolute atomic E-state index is 12.3. The van der Waals surface area contributed by atoms with E-state index in [0.717, 1.165) is 42.5 Å². The van der Waals surface area contributed by atoms with E-state index in [1.165, 1.54) is 19.3 Å². The summed E-state index contributed by atoms with van der Waals surface area (Å²) in [5.74, 6) is 0.744. The molecule has 2 aromatic heterocycles. The van der Waals surface area contributed by atoms with E-state index in [1.54, 1.807) is 29.2 Å². The third-order valence-electron chi connectivity index (χ3n) is 5.43. The van der Waals surface area contributed by atoms with Crippen LogP contribution in [-0.4, -0.2) is 52.3 Å². The predicted molar refractivity (Wildman–Crippen MR) is 118 cm³/mol. The molecule has 0 radical (unpaired) electrons. The third kappa shape index (κ3) is 4.80. The van der Waals surface area contributed by atoms with Crippen molar-refractivity contribution < 1.29 is 4.74 Å². The average Bonchev–Trinajstić information content (AvgIpc) is 3.23. The zero-order chi connectivity index (χ0) is 20.8. The molecule has 7 nitrogen and oxygen atoms in total. The van der Waals surface area contributed by atoms with Crippen LogP contribution in [0.25, 0.3) is 11.4 Å². The van der Waals surface area contributed by atoms with Crippen molar-refractivity contribution in [3.63, 3.8) is 0 Å². The molecule has 0 unspecified atom stereocenters. The Morgan fingerprint density at radius 1 is 1.13 bits per heavy atom. The number of likely N-dealkylation sites (tertiary alicyclic amines) is 1. The van der Waals surface area contributed by atoms with E-state index in [4.69, 9.17) is 4.74 Å². The number of nitrogens with one attached hydrogen (secondary N) is 1. The number of rotatable bonds is 8. The summed E-state index contributed by atoms with van der Waals surface area (Å²) in [5, 5.41) is 3.12. The molecule has 1 fully saturated rings. The van der Waals surface area contributed by atoms with Crippen molar-refractivity contribution in [1.29, 1.82) is 0 Å². The van der Waals surface area contributed by atoms with Gasteiger partial charge in [-0.05, 0) is 51.2 Å². The largest absolute Gasteiger partial charge is 0.490 e. The van der Waals surface area contributed by atoms with Crippen LogP contribution in [0.5, 0.6) is 5.75 Å². The first-order valence-electron chi connectivity index (χ1n) is 10.6. The van der Waals surface area contributed by atoms with Gasteiger partial charge in [-0.15, -0.1) is 0 Å². The highest BCUT2D eigenvalue weighted by Crippen LogP contribution is 2.26. The third-order valence-corrected chi connectivity index (χ3v) is 5.43. The Morgan fingerprint density at radius 3 is 2.80 bits per heavy atom. The van der Waals surface area contributed by atoms with Crippen LogP contribution >= 0.6 is 0 Å². The number of hydrogen-bond donors (Lipinski definition) is 1. The Hall–Kier alpha value is -2.90. The number of pyridine rings is 1. The number of piperidine rings is 1. The van der Waals surface area contributed by atoms with Crippen molar-refractivity contribution >= 4 is 0 Å². The van der Waals surface area contributed by atoms with Crippen molar-refractivity contribution in [3.8, 4) is 17.1 Å². The Bertz CT molecular complexity index is 1020. The van der Waals surface area contributed by atoms with Crippen LogP contribution in [0.2, 0.25) is 0 Å². The molecular formula is C23H29N5O2. The highest BCUT2D eigenvalue weighted by Gasteiger charge is 2.13. The predicted octanol–water partition coefficient (Wildman–Crippen LogP) is 2.61. The fraction of sp³-hybridized carbons (Fsp3) is 0.391. The number of imidazole rings is 1. The van der Waals surface area contributed by atoms with Crippen LogP contribution in [0.4, 0.5) is 0 Å². The fourth-order valence-corrected chi connectivity index (χ4v) is 3.86. The lowest BCUT2D eigenvalue weighted by Crippen LogP contribution is -2.33. The molecule has 0 spiro atoms. The van der Waals surface area contributed by atoms with Crippen molar-refractivity contribution in [2.24, 2.45) is 0 Å². The van der Waals surface area contributed by atoms with Gasteiger partial charge in [0.25, 0.3) is 5.56 Å². The second kappa shape index (κ2) is 9.73.